The first-order valence-electron chi connectivity index (χ1n) is 4.73. The molecule has 0 unspecified atom stereocenters. The van der Waals surface area contributed by atoms with Crippen LogP contribution in [0.4, 0.5) is 0 Å². The second-order valence-corrected chi connectivity index (χ2v) is 3.73. The van der Waals surface area contributed by atoms with Crippen LogP contribution in [0.1, 0.15) is 12.8 Å². The number of rotatable bonds is 1. The average molecular weight is 199 g/mol. The Labute approximate surface area is 81.6 Å². The van der Waals surface area contributed by atoms with Crippen LogP contribution in [0.25, 0.3) is 0 Å². The standard InChI is InChI=1S/C9H13NO4/c1-14-9(13)6-5-3-2-4-10(5)8(12)7(6)11/h5-7,11H,2-4H2,1H3/t5-,6+,7+/m1/s1. The predicted octanol–water partition coefficient (Wildman–Crippen LogP) is -0.859. The molecule has 2 aliphatic rings. The van der Waals surface area contributed by atoms with Crippen molar-refractivity contribution in [2.45, 2.75) is 25.0 Å². The highest BCUT2D eigenvalue weighted by atomic mass is 16.5. The lowest BCUT2D eigenvalue weighted by molar-refractivity contribution is -0.150. The molecule has 14 heavy (non-hydrogen) atoms. The molecule has 0 bridgehead atoms. The van der Waals surface area contributed by atoms with Crippen LogP contribution in [-0.2, 0) is 14.3 Å². The second-order valence-electron chi connectivity index (χ2n) is 3.73. The highest BCUT2D eigenvalue weighted by Crippen LogP contribution is 2.34. The summed E-state index contributed by atoms with van der Waals surface area (Å²) in [6.07, 6.45) is 0.479. The third-order valence-electron chi connectivity index (χ3n) is 3.06. The van der Waals surface area contributed by atoms with E-state index in [2.05, 4.69) is 4.74 Å². The van der Waals surface area contributed by atoms with E-state index in [4.69, 9.17) is 0 Å². The van der Waals surface area contributed by atoms with E-state index in [1.54, 1.807) is 4.90 Å². The van der Waals surface area contributed by atoms with Crippen LogP contribution in [0, 0.1) is 5.92 Å². The highest BCUT2D eigenvalue weighted by molar-refractivity contribution is 5.91. The van der Waals surface area contributed by atoms with Gasteiger partial charge in [-0.3, -0.25) is 9.59 Å². The summed E-state index contributed by atoms with van der Waals surface area (Å²) in [6.45, 7) is 0.647. The van der Waals surface area contributed by atoms with E-state index >= 15 is 0 Å². The third-order valence-corrected chi connectivity index (χ3v) is 3.06. The maximum atomic E-state index is 11.5. The molecule has 0 aromatic rings. The summed E-state index contributed by atoms with van der Waals surface area (Å²) in [7, 11) is 1.27. The molecule has 0 saturated carbocycles. The van der Waals surface area contributed by atoms with Crippen molar-refractivity contribution in [2.24, 2.45) is 5.92 Å². The Hall–Kier alpha value is -1.10. The monoisotopic (exact) mass is 199 g/mol. The van der Waals surface area contributed by atoms with Gasteiger partial charge >= 0.3 is 5.97 Å². The molecule has 2 aliphatic heterocycles. The van der Waals surface area contributed by atoms with E-state index in [0.29, 0.717) is 6.54 Å². The fraction of sp³-hybridized carbons (Fsp3) is 0.778. The fourth-order valence-electron chi connectivity index (χ4n) is 2.40. The van der Waals surface area contributed by atoms with Crippen LogP contribution in [0.3, 0.4) is 0 Å². The number of carbonyl (C=O) groups excluding carboxylic acids is 2. The van der Waals surface area contributed by atoms with Crippen molar-refractivity contribution in [1.29, 1.82) is 0 Å². The third kappa shape index (κ3) is 1.12. The molecule has 3 atom stereocenters. The SMILES string of the molecule is COC(=O)[C@@H]1[C@H](O)C(=O)N2CCC[C@H]12. The van der Waals surface area contributed by atoms with Gasteiger partial charge in [0.25, 0.3) is 5.91 Å². The fourth-order valence-corrected chi connectivity index (χ4v) is 2.40. The van der Waals surface area contributed by atoms with E-state index in [0.717, 1.165) is 12.8 Å². The molecule has 0 aliphatic carbocycles. The number of ether oxygens (including phenoxy) is 1. The Morgan fingerprint density at radius 1 is 1.64 bits per heavy atom. The van der Waals surface area contributed by atoms with Gasteiger partial charge in [-0.15, -0.1) is 0 Å². The van der Waals surface area contributed by atoms with Crippen molar-refractivity contribution in [2.75, 3.05) is 13.7 Å². The molecular formula is C9H13NO4. The Balaban J connectivity index is 2.24. The number of esters is 1. The minimum absolute atomic E-state index is 0.148. The first kappa shape index (κ1) is 9.45. The van der Waals surface area contributed by atoms with Gasteiger partial charge in [0.1, 0.15) is 12.0 Å². The zero-order valence-corrected chi connectivity index (χ0v) is 7.97. The number of carbonyl (C=O) groups is 2. The smallest absolute Gasteiger partial charge is 0.313 e. The molecular weight excluding hydrogens is 186 g/mol. The molecule has 0 aromatic heterocycles. The number of nitrogens with zero attached hydrogens (tertiary/aromatic N) is 1. The normalized spacial score (nSPS) is 36.0. The molecule has 2 fully saturated rings. The van der Waals surface area contributed by atoms with Crippen molar-refractivity contribution in [3.8, 4) is 0 Å². The molecule has 78 valence electrons. The minimum atomic E-state index is -1.20. The van der Waals surface area contributed by atoms with Gasteiger partial charge in [-0.25, -0.2) is 0 Å². The van der Waals surface area contributed by atoms with Crippen LogP contribution >= 0.6 is 0 Å². The van der Waals surface area contributed by atoms with Gasteiger partial charge in [-0.05, 0) is 12.8 Å². The average Bonchev–Trinajstić information content (AvgIpc) is 2.72. The Kier molecular flexibility index (Phi) is 2.19. The molecule has 2 saturated heterocycles. The first-order valence-corrected chi connectivity index (χ1v) is 4.73. The Bertz CT molecular complexity index is 278. The number of hydrogen-bond donors (Lipinski definition) is 1. The molecule has 1 N–H and O–H groups in total. The van der Waals surface area contributed by atoms with Gasteiger partial charge < -0.3 is 14.7 Å². The molecule has 0 aromatic carbocycles. The maximum absolute atomic E-state index is 11.5. The lowest BCUT2D eigenvalue weighted by atomic mass is 9.96. The quantitative estimate of drug-likeness (QED) is 0.558. The summed E-state index contributed by atoms with van der Waals surface area (Å²) in [5.41, 5.74) is 0. The van der Waals surface area contributed by atoms with Crippen molar-refractivity contribution >= 4 is 11.9 Å². The Morgan fingerprint density at radius 3 is 3.00 bits per heavy atom. The maximum Gasteiger partial charge on any atom is 0.313 e. The molecule has 1 amide bonds. The second kappa shape index (κ2) is 3.24. The molecule has 2 heterocycles. The zero-order chi connectivity index (χ0) is 10.3. The lowest BCUT2D eigenvalue weighted by Gasteiger charge is -2.17. The predicted molar refractivity (Wildman–Crippen MR) is 46.2 cm³/mol. The van der Waals surface area contributed by atoms with E-state index in [1.807, 2.05) is 0 Å². The number of methoxy groups -OCH3 is 1. The Morgan fingerprint density at radius 2 is 2.36 bits per heavy atom. The molecule has 2 rings (SSSR count). The molecule has 0 spiro atoms. The summed E-state index contributed by atoms with van der Waals surface area (Å²) in [5.74, 6) is -1.50. The lowest BCUT2D eigenvalue weighted by Crippen LogP contribution is -2.33. The summed E-state index contributed by atoms with van der Waals surface area (Å²) in [4.78, 5) is 24.4. The highest BCUT2D eigenvalue weighted by Gasteiger charge is 2.53. The number of aliphatic hydroxyl groups is 1. The van der Waals surface area contributed by atoms with E-state index in [1.165, 1.54) is 7.11 Å². The topological polar surface area (TPSA) is 66.8 Å². The first-order chi connectivity index (χ1) is 6.66. The van der Waals surface area contributed by atoms with Crippen molar-refractivity contribution < 1.29 is 19.4 Å². The number of fused-ring (bicyclic) bond motifs is 1. The molecule has 5 nitrogen and oxygen atoms in total. The summed E-state index contributed by atoms with van der Waals surface area (Å²) in [5, 5.41) is 9.57. The van der Waals surface area contributed by atoms with Crippen molar-refractivity contribution in [3.05, 3.63) is 0 Å². The van der Waals surface area contributed by atoms with Crippen LogP contribution in [0.2, 0.25) is 0 Å². The van der Waals surface area contributed by atoms with Gasteiger partial charge in [0.05, 0.1) is 7.11 Å². The van der Waals surface area contributed by atoms with Gasteiger partial charge in [-0.1, -0.05) is 0 Å². The van der Waals surface area contributed by atoms with E-state index < -0.39 is 18.0 Å². The number of amides is 1. The van der Waals surface area contributed by atoms with Crippen molar-refractivity contribution in [1.82, 2.24) is 4.90 Å². The van der Waals surface area contributed by atoms with E-state index in [9.17, 15) is 14.7 Å². The molecule has 5 heteroatoms. The van der Waals surface area contributed by atoms with Gasteiger partial charge in [-0.2, -0.15) is 0 Å². The van der Waals surface area contributed by atoms with Gasteiger partial charge in [0, 0.05) is 12.6 Å². The molecule has 0 radical (unpaired) electrons. The van der Waals surface area contributed by atoms with E-state index in [-0.39, 0.29) is 11.9 Å². The van der Waals surface area contributed by atoms with Crippen LogP contribution in [0.5, 0.6) is 0 Å². The van der Waals surface area contributed by atoms with Gasteiger partial charge in [0.15, 0.2) is 0 Å². The van der Waals surface area contributed by atoms with Crippen molar-refractivity contribution in [3.63, 3.8) is 0 Å². The van der Waals surface area contributed by atoms with Crippen LogP contribution in [-0.4, -0.2) is 47.7 Å². The summed E-state index contributed by atoms with van der Waals surface area (Å²) in [6, 6.07) is -0.148. The van der Waals surface area contributed by atoms with Crippen LogP contribution < -0.4 is 0 Å². The minimum Gasteiger partial charge on any atom is -0.469 e. The summed E-state index contributed by atoms with van der Waals surface area (Å²) < 4.78 is 4.58. The van der Waals surface area contributed by atoms with Crippen LogP contribution in [0.15, 0.2) is 0 Å². The number of hydrogen-bond acceptors (Lipinski definition) is 4. The summed E-state index contributed by atoms with van der Waals surface area (Å²) >= 11 is 0. The van der Waals surface area contributed by atoms with Gasteiger partial charge in [0.2, 0.25) is 0 Å². The number of aliphatic hydroxyl groups excluding tert-OH is 1. The largest absolute Gasteiger partial charge is 0.469 e. The zero-order valence-electron chi connectivity index (χ0n) is 7.97.